The highest BCUT2D eigenvalue weighted by molar-refractivity contribution is 4.97. The number of hydrogen-bond donors (Lipinski definition) is 3. The van der Waals surface area contributed by atoms with Gasteiger partial charge in [-0.25, -0.2) is 0 Å². The summed E-state index contributed by atoms with van der Waals surface area (Å²) in [6.07, 6.45) is 19.2. The first-order valence-corrected chi connectivity index (χ1v) is 10.8. The van der Waals surface area contributed by atoms with Gasteiger partial charge in [-0.15, -0.1) is 0 Å². The molecule has 0 aromatic rings. The van der Waals surface area contributed by atoms with Crippen LogP contribution in [0.1, 0.15) is 96.3 Å². The first kappa shape index (κ1) is 24.6. The van der Waals surface area contributed by atoms with Crippen molar-refractivity contribution in [2.75, 3.05) is 13.6 Å². The SMILES string of the molecule is C=C(N)CCC(=C)NCCCCCCCCCCCCCCC(=C)NC. The van der Waals surface area contributed by atoms with Gasteiger partial charge in [-0.1, -0.05) is 83.9 Å². The van der Waals surface area contributed by atoms with Gasteiger partial charge in [-0.2, -0.15) is 0 Å². The molecule has 0 aliphatic heterocycles. The lowest BCUT2D eigenvalue weighted by Crippen LogP contribution is -2.14. The van der Waals surface area contributed by atoms with Crippen molar-refractivity contribution in [2.24, 2.45) is 5.73 Å². The molecule has 0 saturated heterocycles. The van der Waals surface area contributed by atoms with Gasteiger partial charge in [0.25, 0.3) is 0 Å². The average Bonchev–Trinajstić information content (AvgIpc) is 2.62. The highest BCUT2D eigenvalue weighted by Gasteiger charge is 1.97. The second-order valence-corrected chi connectivity index (χ2v) is 7.53. The zero-order valence-electron chi connectivity index (χ0n) is 17.5. The second kappa shape index (κ2) is 18.4. The molecule has 0 bridgehead atoms. The van der Waals surface area contributed by atoms with Crippen LogP contribution in [0.5, 0.6) is 0 Å². The molecule has 0 saturated carbocycles. The van der Waals surface area contributed by atoms with Crippen LogP contribution in [-0.2, 0) is 0 Å². The number of rotatable bonds is 20. The molecular formula is C23H45N3. The van der Waals surface area contributed by atoms with E-state index in [-0.39, 0.29) is 0 Å². The van der Waals surface area contributed by atoms with Gasteiger partial charge < -0.3 is 16.4 Å². The number of nitrogens with two attached hydrogens (primary N) is 1. The predicted octanol–water partition coefficient (Wildman–Crippen LogP) is 6.15. The summed E-state index contributed by atoms with van der Waals surface area (Å²) in [5.74, 6) is 0. The van der Waals surface area contributed by atoms with Crippen LogP contribution in [0.25, 0.3) is 0 Å². The third-order valence-corrected chi connectivity index (χ3v) is 4.88. The van der Waals surface area contributed by atoms with E-state index in [1.165, 1.54) is 82.7 Å². The van der Waals surface area contributed by atoms with Crippen molar-refractivity contribution in [3.05, 3.63) is 36.8 Å². The van der Waals surface area contributed by atoms with Crippen molar-refractivity contribution in [1.82, 2.24) is 10.6 Å². The molecule has 0 unspecified atom stereocenters. The van der Waals surface area contributed by atoms with Crippen LogP contribution in [0.2, 0.25) is 0 Å². The first-order valence-electron chi connectivity index (χ1n) is 10.8. The van der Waals surface area contributed by atoms with Crippen LogP contribution < -0.4 is 16.4 Å². The monoisotopic (exact) mass is 363 g/mol. The molecule has 0 spiro atoms. The molecule has 4 N–H and O–H groups in total. The fourth-order valence-electron chi connectivity index (χ4n) is 3.02. The third-order valence-electron chi connectivity index (χ3n) is 4.88. The van der Waals surface area contributed by atoms with E-state index in [2.05, 4.69) is 30.4 Å². The van der Waals surface area contributed by atoms with E-state index in [0.29, 0.717) is 0 Å². The van der Waals surface area contributed by atoms with Gasteiger partial charge in [0.2, 0.25) is 0 Å². The Morgan fingerprint density at radius 3 is 1.54 bits per heavy atom. The molecule has 0 rings (SSSR count). The Labute approximate surface area is 163 Å². The molecule has 0 heterocycles. The molecule has 0 radical (unpaired) electrons. The number of unbranched alkanes of at least 4 members (excludes halogenated alkanes) is 11. The lowest BCUT2D eigenvalue weighted by Gasteiger charge is -2.09. The maximum absolute atomic E-state index is 5.57. The summed E-state index contributed by atoms with van der Waals surface area (Å²) in [7, 11) is 1.96. The number of nitrogens with one attached hydrogen (secondary N) is 2. The van der Waals surface area contributed by atoms with Crippen LogP contribution >= 0.6 is 0 Å². The molecular weight excluding hydrogens is 318 g/mol. The third kappa shape index (κ3) is 19.0. The molecule has 0 aromatic carbocycles. The van der Waals surface area contributed by atoms with Gasteiger partial charge >= 0.3 is 0 Å². The average molecular weight is 364 g/mol. The molecule has 0 atom stereocenters. The summed E-state index contributed by atoms with van der Waals surface area (Å²) in [5.41, 5.74) is 8.56. The lowest BCUT2D eigenvalue weighted by molar-refractivity contribution is 0.536. The Morgan fingerprint density at radius 2 is 1.08 bits per heavy atom. The highest BCUT2D eigenvalue weighted by Crippen LogP contribution is 2.13. The van der Waals surface area contributed by atoms with Crippen LogP contribution in [0.15, 0.2) is 36.8 Å². The topological polar surface area (TPSA) is 50.1 Å². The van der Waals surface area contributed by atoms with Gasteiger partial charge in [0.1, 0.15) is 0 Å². The first-order chi connectivity index (χ1) is 12.6. The van der Waals surface area contributed by atoms with Crippen LogP contribution in [0.4, 0.5) is 0 Å². The lowest BCUT2D eigenvalue weighted by atomic mass is 10.0. The minimum atomic E-state index is 0.740. The van der Waals surface area contributed by atoms with Crippen molar-refractivity contribution < 1.29 is 0 Å². The van der Waals surface area contributed by atoms with Crippen molar-refractivity contribution in [2.45, 2.75) is 96.3 Å². The van der Waals surface area contributed by atoms with Crippen LogP contribution in [0, 0.1) is 0 Å². The van der Waals surface area contributed by atoms with Gasteiger partial charge in [0.05, 0.1) is 0 Å². The smallest absolute Gasteiger partial charge is 0.0143 e. The normalized spacial score (nSPS) is 10.5. The van der Waals surface area contributed by atoms with Gasteiger partial charge in [0.15, 0.2) is 0 Å². The molecule has 26 heavy (non-hydrogen) atoms. The predicted molar refractivity (Wildman–Crippen MR) is 118 cm³/mol. The van der Waals surface area contributed by atoms with Crippen molar-refractivity contribution >= 4 is 0 Å². The highest BCUT2D eigenvalue weighted by atomic mass is 14.9. The summed E-state index contributed by atoms with van der Waals surface area (Å²) >= 11 is 0. The second-order valence-electron chi connectivity index (χ2n) is 7.53. The standard InChI is InChI=1S/C23H45N3/c1-21(24)18-19-23(3)26-20-16-14-12-10-8-6-5-7-9-11-13-15-17-22(2)25-4/h25-26H,1-3,5-20,24H2,4H3. The van der Waals surface area contributed by atoms with E-state index in [9.17, 15) is 0 Å². The molecule has 0 fully saturated rings. The van der Waals surface area contributed by atoms with E-state index in [1.54, 1.807) is 0 Å². The molecule has 152 valence electrons. The van der Waals surface area contributed by atoms with Crippen LogP contribution in [-0.4, -0.2) is 13.6 Å². The molecule has 0 aliphatic rings. The van der Waals surface area contributed by atoms with Crippen molar-refractivity contribution in [1.29, 1.82) is 0 Å². The van der Waals surface area contributed by atoms with E-state index >= 15 is 0 Å². The Morgan fingerprint density at radius 1 is 0.615 bits per heavy atom. The Bertz CT molecular complexity index is 374. The summed E-state index contributed by atoms with van der Waals surface area (Å²) in [4.78, 5) is 0. The van der Waals surface area contributed by atoms with Crippen LogP contribution in [0.3, 0.4) is 0 Å². The largest absolute Gasteiger partial charge is 0.403 e. The number of allylic oxidation sites excluding steroid dienone is 3. The molecule has 0 aliphatic carbocycles. The number of hydrogen-bond acceptors (Lipinski definition) is 3. The van der Waals surface area contributed by atoms with Crippen molar-refractivity contribution in [3.63, 3.8) is 0 Å². The Balaban J connectivity index is 3.14. The minimum Gasteiger partial charge on any atom is -0.403 e. The molecule has 3 heteroatoms. The van der Waals surface area contributed by atoms with Gasteiger partial charge in [-0.05, 0) is 32.1 Å². The summed E-state index contributed by atoms with van der Waals surface area (Å²) in [5, 5.41) is 6.50. The maximum atomic E-state index is 5.57. The molecule has 0 amide bonds. The van der Waals surface area contributed by atoms with E-state index in [0.717, 1.165) is 37.2 Å². The quantitative estimate of drug-likeness (QED) is 0.227. The zero-order valence-corrected chi connectivity index (χ0v) is 17.5. The van der Waals surface area contributed by atoms with Gasteiger partial charge in [-0.3, -0.25) is 0 Å². The van der Waals surface area contributed by atoms with E-state index in [1.807, 2.05) is 7.05 Å². The van der Waals surface area contributed by atoms with Crippen molar-refractivity contribution in [3.8, 4) is 0 Å². The summed E-state index contributed by atoms with van der Waals surface area (Å²) < 4.78 is 0. The van der Waals surface area contributed by atoms with E-state index < -0.39 is 0 Å². The Kier molecular flexibility index (Phi) is 17.4. The zero-order chi connectivity index (χ0) is 19.5. The fraction of sp³-hybridized carbons (Fsp3) is 0.739. The Hall–Kier alpha value is -1.38. The minimum absolute atomic E-state index is 0.740. The van der Waals surface area contributed by atoms with E-state index in [4.69, 9.17) is 5.73 Å². The fourth-order valence-corrected chi connectivity index (χ4v) is 3.02. The van der Waals surface area contributed by atoms with Gasteiger partial charge in [0, 0.05) is 30.7 Å². The maximum Gasteiger partial charge on any atom is 0.0143 e. The summed E-state index contributed by atoms with van der Waals surface area (Å²) in [6, 6.07) is 0. The summed E-state index contributed by atoms with van der Waals surface area (Å²) in [6.45, 7) is 12.7. The molecule has 0 aromatic heterocycles. The molecule has 3 nitrogen and oxygen atoms in total.